The zero-order valence-corrected chi connectivity index (χ0v) is 11.9. The van der Waals surface area contributed by atoms with Gasteiger partial charge in [0.05, 0.1) is 17.4 Å². The first kappa shape index (κ1) is 13.4. The Bertz CT molecular complexity index is 902. The van der Waals surface area contributed by atoms with E-state index in [4.69, 9.17) is 0 Å². The predicted molar refractivity (Wildman–Crippen MR) is 80.5 cm³/mol. The molecule has 2 aromatic heterocycles. The molecule has 0 fully saturated rings. The van der Waals surface area contributed by atoms with Gasteiger partial charge >= 0.3 is 5.69 Å². The zero-order chi connectivity index (χ0) is 15.0. The molecule has 108 valence electrons. The van der Waals surface area contributed by atoms with Gasteiger partial charge in [0.1, 0.15) is 5.82 Å². The Balaban J connectivity index is 2.03. The van der Waals surface area contributed by atoms with Gasteiger partial charge in [0, 0.05) is 18.4 Å². The highest BCUT2D eigenvalue weighted by atomic mass is 16.1. The minimum atomic E-state index is -0.188. The third-order valence-corrected chi connectivity index (χ3v) is 3.41. The first-order valence-corrected chi connectivity index (χ1v) is 6.81. The number of nitrogens with zero attached hydrogens (tertiary/aromatic N) is 3. The highest BCUT2D eigenvalue weighted by Crippen LogP contribution is 2.06. The minimum Gasteiger partial charge on any atom is -0.308 e. The normalized spacial score (nSPS) is 11.4. The molecule has 0 aliphatic carbocycles. The van der Waals surface area contributed by atoms with E-state index in [0.717, 1.165) is 0 Å². The van der Waals surface area contributed by atoms with Crippen LogP contribution in [-0.2, 0) is 6.54 Å². The molecule has 0 saturated carbocycles. The first-order chi connectivity index (χ1) is 10.1. The van der Waals surface area contributed by atoms with Crippen molar-refractivity contribution in [2.75, 3.05) is 0 Å². The summed E-state index contributed by atoms with van der Waals surface area (Å²) in [6, 6.07) is 7.25. The lowest BCUT2D eigenvalue weighted by Gasteiger charge is -2.05. The number of imidazole rings is 1. The van der Waals surface area contributed by atoms with Gasteiger partial charge in [-0.15, -0.1) is 0 Å². The Morgan fingerprint density at radius 3 is 2.67 bits per heavy atom. The van der Waals surface area contributed by atoms with E-state index in [1.165, 1.54) is 4.57 Å². The number of hydrogen-bond donors (Lipinski definition) is 1. The summed E-state index contributed by atoms with van der Waals surface area (Å²) in [4.78, 5) is 31.3. The number of H-pyrrole nitrogens is 1. The second-order valence-electron chi connectivity index (χ2n) is 5.24. The highest BCUT2D eigenvalue weighted by Gasteiger charge is 2.09. The van der Waals surface area contributed by atoms with Crippen LogP contribution in [0.3, 0.4) is 0 Å². The maximum absolute atomic E-state index is 12.2. The largest absolute Gasteiger partial charge is 0.328 e. The van der Waals surface area contributed by atoms with E-state index in [9.17, 15) is 9.59 Å². The number of rotatable bonds is 3. The molecule has 2 heterocycles. The Kier molecular flexibility index (Phi) is 3.21. The van der Waals surface area contributed by atoms with Crippen molar-refractivity contribution in [1.29, 1.82) is 0 Å². The molecule has 0 saturated heterocycles. The molecule has 1 aromatic carbocycles. The number of fused-ring (bicyclic) bond motifs is 1. The van der Waals surface area contributed by atoms with E-state index < -0.39 is 0 Å². The molecule has 0 unspecified atom stereocenters. The maximum atomic E-state index is 12.2. The Morgan fingerprint density at radius 1 is 1.19 bits per heavy atom. The van der Waals surface area contributed by atoms with Crippen LogP contribution in [0.15, 0.2) is 46.2 Å². The van der Waals surface area contributed by atoms with Crippen LogP contribution in [0.4, 0.5) is 0 Å². The second kappa shape index (κ2) is 5.05. The smallest absolute Gasteiger partial charge is 0.308 e. The van der Waals surface area contributed by atoms with Crippen molar-refractivity contribution in [3.8, 4) is 0 Å². The summed E-state index contributed by atoms with van der Waals surface area (Å²) in [5, 5.41) is 0.549. The van der Waals surface area contributed by atoms with Crippen LogP contribution in [0.2, 0.25) is 0 Å². The fourth-order valence-electron chi connectivity index (χ4n) is 2.31. The third-order valence-electron chi connectivity index (χ3n) is 3.41. The summed E-state index contributed by atoms with van der Waals surface area (Å²) < 4.78 is 3.17. The van der Waals surface area contributed by atoms with E-state index in [1.54, 1.807) is 35.2 Å². The van der Waals surface area contributed by atoms with Crippen LogP contribution in [0, 0.1) is 0 Å². The summed E-state index contributed by atoms with van der Waals surface area (Å²) in [6.45, 7) is 4.14. The fourth-order valence-corrected chi connectivity index (χ4v) is 2.31. The molecular weight excluding hydrogens is 268 g/mol. The van der Waals surface area contributed by atoms with E-state index >= 15 is 0 Å². The monoisotopic (exact) mass is 284 g/mol. The van der Waals surface area contributed by atoms with Crippen LogP contribution in [-0.4, -0.2) is 19.1 Å². The molecular formula is C15H16N4O2. The summed E-state index contributed by atoms with van der Waals surface area (Å²) in [7, 11) is 0. The molecule has 0 radical (unpaired) electrons. The molecule has 0 spiro atoms. The van der Waals surface area contributed by atoms with Gasteiger partial charge < -0.3 is 4.98 Å². The first-order valence-electron chi connectivity index (χ1n) is 6.81. The number of hydrogen-bond acceptors (Lipinski definition) is 3. The quantitative estimate of drug-likeness (QED) is 0.792. The molecule has 0 aliphatic heterocycles. The highest BCUT2D eigenvalue weighted by molar-refractivity contribution is 5.77. The Morgan fingerprint density at radius 2 is 1.95 bits per heavy atom. The van der Waals surface area contributed by atoms with Crippen LogP contribution >= 0.6 is 0 Å². The van der Waals surface area contributed by atoms with E-state index in [2.05, 4.69) is 9.97 Å². The lowest BCUT2D eigenvalue weighted by Crippen LogP contribution is -2.26. The Hall–Kier alpha value is -2.63. The molecule has 3 aromatic rings. The molecule has 0 aliphatic rings. The summed E-state index contributed by atoms with van der Waals surface area (Å²) >= 11 is 0. The summed E-state index contributed by atoms with van der Waals surface area (Å²) in [5.41, 5.74) is 0.334. The third kappa shape index (κ3) is 2.40. The molecule has 1 N–H and O–H groups in total. The predicted octanol–water partition coefficient (Wildman–Crippen LogP) is 1.52. The number of para-hydroxylation sites is 1. The fraction of sp³-hybridized carbons (Fsp3) is 0.267. The molecule has 0 atom stereocenters. The van der Waals surface area contributed by atoms with Gasteiger partial charge in [-0.2, -0.15) is 0 Å². The lowest BCUT2D eigenvalue weighted by molar-refractivity contribution is 0.558. The second-order valence-corrected chi connectivity index (χ2v) is 5.24. The molecule has 0 amide bonds. The van der Waals surface area contributed by atoms with Gasteiger partial charge in [-0.3, -0.25) is 13.9 Å². The molecule has 0 bridgehead atoms. The van der Waals surface area contributed by atoms with Crippen LogP contribution in [0.5, 0.6) is 0 Å². The van der Waals surface area contributed by atoms with Crippen molar-refractivity contribution in [1.82, 2.24) is 19.1 Å². The lowest BCUT2D eigenvalue weighted by atomic mass is 10.2. The van der Waals surface area contributed by atoms with Crippen molar-refractivity contribution < 1.29 is 0 Å². The number of aromatic nitrogens is 4. The summed E-state index contributed by atoms with van der Waals surface area (Å²) in [5.74, 6) is 0.474. The van der Waals surface area contributed by atoms with Gasteiger partial charge in [-0.1, -0.05) is 12.1 Å². The average Bonchev–Trinajstić information content (AvgIpc) is 2.80. The van der Waals surface area contributed by atoms with Crippen molar-refractivity contribution in [3.63, 3.8) is 0 Å². The van der Waals surface area contributed by atoms with Crippen LogP contribution in [0.1, 0.15) is 25.7 Å². The number of nitrogens with one attached hydrogen (secondary N) is 1. The van der Waals surface area contributed by atoms with E-state index in [-0.39, 0.29) is 23.8 Å². The van der Waals surface area contributed by atoms with Gasteiger partial charge in [0.2, 0.25) is 0 Å². The number of aromatic amines is 1. The minimum absolute atomic E-state index is 0.0994. The van der Waals surface area contributed by atoms with Gasteiger partial charge in [0.25, 0.3) is 5.56 Å². The molecule has 6 nitrogen and oxygen atoms in total. The average molecular weight is 284 g/mol. The molecule has 6 heteroatoms. The van der Waals surface area contributed by atoms with E-state index in [1.807, 2.05) is 19.9 Å². The van der Waals surface area contributed by atoms with Crippen LogP contribution in [0.25, 0.3) is 10.9 Å². The van der Waals surface area contributed by atoms with Crippen molar-refractivity contribution >= 4 is 10.9 Å². The SMILES string of the molecule is CC(C)n1ccn(Cc2nc3ccccc3c(=O)[nH]2)c1=O. The van der Waals surface area contributed by atoms with Crippen molar-refractivity contribution in [2.45, 2.75) is 26.4 Å². The maximum Gasteiger partial charge on any atom is 0.328 e. The Labute approximate surface area is 120 Å². The molecule has 3 rings (SSSR count). The van der Waals surface area contributed by atoms with Crippen molar-refractivity contribution in [3.05, 3.63) is 63.3 Å². The van der Waals surface area contributed by atoms with Crippen molar-refractivity contribution in [2.24, 2.45) is 0 Å². The van der Waals surface area contributed by atoms with Crippen LogP contribution < -0.4 is 11.2 Å². The molecule has 21 heavy (non-hydrogen) atoms. The standard InChI is InChI=1S/C15H16N4O2/c1-10(2)19-8-7-18(15(19)21)9-13-16-12-6-4-3-5-11(12)14(20)17-13/h3-8,10H,9H2,1-2H3,(H,16,17,20). The zero-order valence-electron chi connectivity index (χ0n) is 11.9. The van der Waals surface area contributed by atoms with Gasteiger partial charge in [-0.25, -0.2) is 9.78 Å². The topological polar surface area (TPSA) is 72.7 Å². The number of benzene rings is 1. The van der Waals surface area contributed by atoms with Gasteiger partial charge in [-0.05, 0) is 26.0 Å². The summed E-state index contributed by atoms with van der Waals surface area (Å²) in [6.07, 6.45) is 3.45. The van der Waals surface area contributed by atoms with Gasteiger partial charge in [0.15, 0.2) is 0 Å². The van der Waals surface area contributed by atoms with E-state index in [0.29, 0.717) is 16.7 Å².